The molecule has 0 aliphatic heterocycles. The summed E-state index contributed by atoms with van der Waals surface area (Å²) in [5.41, 5.74) is 5.90. The first-order valence-electron chi connectivity index (χ1n) is 3.33. The number of rotatable bonds is 1. The van der Waals surface area contributed by atoms with Crippen LogP contribution in [0.4, 0.5) is 5.95 Å². The Kier molecular flexibility index (Phi) is 1.33. The van der Waals surface area contributed by atoms with Crippen molar-refractivity contribution in [1.29, 1.82) is 0 Å². The second-order valence-corrected chi connectivity index (χ2v) is 2.38. The molecule has 62 valence electrons. The molecule has 6 heteroatoms. The average Bonchev–Trinajstić information content (AvgIpc) is 2.58. The van der Waals surface area contributed by atoms with E-state index in [2.05, 4.69) is 15.1 Å². The third-order valence-electron chi connectivity index (χ3n) is 1.37. The molecule has 2 aromatic rings. The van der Waals surface area contributed by atoms with Crippen molar-refractivity contribution in [2.45, 2.75) is 0 Å². The van der Waals surface area contributed by atoms with E-state index in [1.165, 1.54) is 0 Å². The van der Waals surface area contributed by atoms with Gasteiger partial charge in [0.2, 0.25) is 0 Å². The Balaban J connectivity index is 2.43. The smallest absolute Gasteiger partial charge is 0.279 e. The molecule has 2 heterocycles. The molecule has 0 fully saturated rings. The second kappa shape index (κ2) is 2.33. The Labute approximate surface area is 68.0 Å². The van der Waals surface area contributed by atoms with E-state index >= 15 is 0 Å². The topological polar surface area (TPSA) is 82.8 Å². The summed E-state index contributed by atoms with van der Waals surface area (Å²) in [7, 11) is 1.86. The molecule has 0 unspecified atom stereocenters. The largest absolute Gasteiger partial charge is 0.365 e. The molecule has 0 radical (unpaired) electrons. The monoisotopic (exact) mass is 165 g/mol. The fourth-order valence-corrected chi connectivity index (χ4v) is 0.862. The molecule has 6 nitrogen and oxygen atoms in total. The van der Waals surface area contributed by atoms with E-state index in [9.17, 15) is 0 Å². The number of nitrogens with zero attached hydrogens (tertiary/aromatic N) is 4. The molecule has 12 heavy (non-hydrogen) atoms. The molecule has 0 spiro atoms. The molecule has 0 aromatic carbocycles. The molecule has 2 aromatic heterocycles. The summed E-state index contributed by atoms with van der Waals surface area (Å²) >= 11 is 0. The van der Waals surface area contributed by atoms with Crippen LogP contribution >= 0.6 is 0 Å². The molecule has 0 bridgehead atoms. The van der Waals surface area contributed by atoms with Gasteiger partial charge in [-0.3, -0.25) is 0 Å². The Bertz CT molecular complexity index is 352. The van der Waals surface area contributed by atoms with Crippen LogP contribution in [0.25, 0.3) is 11.6 Å². The highest BCUT2D eigenvalue weighted by molar-refractivity contribution is 5.45. The molecule has 0 saturated carbocycles. The van der Waals surface area contributed by atoms with Gasteiger partial charge in [0.1, 0.15) is 5.69 Å². The lowest BCUT2D eigenvalue weighted by molar-refractivity contribution is 0.432. The number of nitrogens with two attached hydrogens (primary N) is 1. The van der Waals surface area contributed by atoms with Gasteiger partial charge in [0.25, 0.3) is 11.8 Å². The molecular formula is C6H7N5O. The second-order valence-electron chi connectivity index (χ2n) is 2.38. The SMILES string of the molecule is Cn1cnc(-c2nc(N)no2)c1. The van der Waals surface area contributed by atoms with Crippen LogP contribution in [0, 0.1) is 0 Å². The maximum Gasteiger partial charge on any atom is 0.279 e. The van der Waals surface area contributed by atoms with Crippen molar-refractivity contribution < 1.29 is 4.52 Å². The van der Waals surface area contributed by atoms with Crippen molar-refractivity contribution in [3.05, 3.63) is 12.5 Å². The fraction of sp³-hybridized carbons (Fsp3) is 0.167. The highest BCUT2D eigenvalue weighted by atomic mass is 16.5. The Morgan fingerprint density at radius 2 is 2.42 bits per heavy atom. The Morgan fingerprint density at radius 3 is 2.92 bits per heavy atom. The van der Waals surface area contributed by atoms with Crippen LogP contribution in [-0.2, 0) is 7.05 Å². The van der Waals surface area contributed by atoms with Crippen LogP contribution < -0.4 is 5.73 Å². The number of nitrogen functional groups attached to an aromatic ring is 1. The minimum Gasteiger partial charge on any atom is -0.365 e. The first-order chi connectivity index (χ1) is 5.75. The first-order valence-corrected chi connectivity index (χ1v) is 3.33. The van der Waals surface area contributed by atoms with E-state index in [4.69, 9.17) is 10.3 Å². The number of aromatic nitrogens is 4. The molecule has 2 rings (SSSR count). The number of aryl methyl sites for hydroxylation is 1. The van der Waals surface area contributed by atoms with E-state index in [1.807, 2.05) is 7.05 Å². The first kappa shape index (κ1) is 6.84. The van der Waals surface area contributed by atoms with Gasteiger partial charge in [0.05, 0.1) is 6.33 Å². The quantitative estimate of drug-likeness (QED) is 0.645. The van der Waals surface area contributed by atoms with Crippen molar-refractivity contribution in [3.8, 4) is 11.6 Å². The molecule has 0 saturated heterocycles. The van der Waals surface area contributed by atoms with Crippen molar-refractivity contribution >= 4 is 5.95 Å². The summed E-state index contributed by atoms with van der Waals surface area (Å²) in [6.07, 6.45) is 3.42. The Morgan fingerprint density at radius 1 is 1.58 bits per heavy atom. The van der Waals surface area contributed by atoms with Crippen LogP contribution in [0.1, 0.15) is 0 Å². The van der Waals surface area contributed by atoms with Gasteiger partial charge < -0.3 is 14.8 Å². The fourth-order valence-electron chi connectivity index (χ4n) is 0.862. The molecule has 0 amide bonds. The molecule has 0 aliphatic carbocycles. The summed E-state index contributed by atoms with van der Waals surface area (Å²) in [6, 6.07) is 0. The summed E-state index contributed by atoms with van der Waals surface area (Å²) < 4.78 is 6.59. The summed E-state index contributed by atoms with van der Waals surface area (Å²) in [4.78, 5) is 7.83. The normalized spacial score (nSPS) is 10.4. The average molecular weight is 165 g/mol. The third-order valence-corrected chi connectivity index (χ3v) is 1.37. The van der Waals surface area contributed by atoms with Crippen LogP contribution in [0.2, 0.25) is 0 Å². The zero-order valence-corrected chi connectivity index (χ0v) is 6.43. The molecule has 0 atom stereocenters. The predicted octanol–water partition coefficient (Wildman–Crippen LogP) is 0.0523. The summed E-state index contributed by atoms with van der Waals surface area (Å²) in [6.45, 7) is 0. The van der Waals surface area contributed by atoms with Gasteiger partial charge in [-0.05, 0) is 5.16 Å². The van der Waals surface area contributed by atoms with E-state index in [-0.39, 0.29) is 5.95 Å². The zero-order chi connectivity index (χ0) is 8.55. The number of anilines is 1. The van der Waals surface area contributed by atoms with Crippen molar-refractivity contribution in [2.75, 3.05) is 5.73 Å². The number of hydrogen-bond donors (Lipinski definition) is 1. The van der Waals surface area contributed by atoms with Gasteiger partial charge in [-0.1, -0.05) is 0 Å². The van der Waals surface area contributed by atoms with E-state index in [1.54, 1.807) is 17.1 Å². The highest BCUT2D eigenvalue weighted by Gasteiger charge is 2.08. The number of hydrogen-bond acceptors (Lipinski definition) is 5. The standard InChI is InChI=1S/C6H7N5O/c1-11-2-4(8-3-11)5-9-6(7)10-12-5/h2-3H,1H3,(H2,7,10). The van der Waals surface area contributed by atoms with Gasteiger partial charge in [0.15, 0.2) is 0 Å². The summed E-state index contributed by atoms with van der Waals surface area (Å²) in [5, 5.41) is 3.44. The third kappa shape index (κ3) is 1.03. The van der Waals surface area contributed by atoms with Crippen LogP contribution in [0.15, 0.2) is 17.0 Å². The lowest BCUT2D eigenvalue weighted by atomic mass is 10.5. The maximum absolute atomic E-state index is 5.27. The van der Waals surface area contributed by atoms with E-state index < -0.39 is 0 Å². The lowest BCUT2D eigenvalue weighted by Gasteiger charge is -1.82. The molecular weight excluding hydrogens is 158 g/mol. The zero-order valence-electron chi connectivity index (χ0n) is 6.43. The number of imidazole rings is 1. The van der Waals surface area contributed by atoms with Crippen molar-refractivity contribution in [2.24, 2.45) is 7.05 Å². The minimum atomic E-state index is 0.121. The summed E-state index contributed by atoms with van der Waals surface area (Å²) in [5.74, 6) is 0.462. The van der Waals surface area contributed by atoms with E-state index in [0.717, 1.165) is 0 Å². The van der Waals surface area contributed by atoms with Crippen molar-refractivity contribution in [1.82, 2.24) is 19.7 Å². The van der Waals surface area contributed by atoms with Crippen LogP contribution in [0.3, 0.4) is 0 Å². The van der Waals surface area contributed by atoms with Crippen molar-refractivity contribution in [3.63, 3.8) is 0 Å². The van der Waals surface area contributed by atoms with Gasteiger partial charge in [-0.2, -0.15) is 4.98 Å². The maximum atomic E-state index is 5.27. The van der Waals surface area contributed by atoms with Crippen LogP contribution in [-0.4, -0.2) is 19.7 Å². The minimum absolute atomic E-state index is 0.121. The van der Waals surface area contributed by atoms with Crippen LogP contribution in [0.5, 0.6) is 0 Å². The Hall–Kier alpha value is -1.85. The van der Waals surface area contributed by atoms with Gasteiger partial charge in [0, 0.05) is 13.2 Å². The van der Waals surface area contributed by atoms with Gasteiger partial charge in [-0.25, -0.2) is 4.98 Å². The molecule has 0 aliphatic rings. The highest BCUT2D eigenvalue weighted by Crippen LogP contribution is 2.13. The lowest BCUT2D eigenvalue weighted by Crippen LogP contribution is -1.85. The van der Waals surface area contributed by atoms with Gasteiger partial charge >= 0.3 is 0 Å². The predicted molar refractivity (Wildman–Crippen MR) is 40.9 cm³/mol. The van der Waals surface area contributed by atoms with Gasteiger partial charge in [-0.15, -0.1) is 0 Å². The molecule has 2 N–H and O–H groups in total. The van der Waals surface area contributed by atoms with E-state index in [0.29, 0.717) is 11.6 Å².